The summed E-state index contributed by atoms with van der Waals surface area (Å²) in [7, 11) is 0. The molecule has 0 saturated carbocycles. The smallest absolute Gasteiger partial charge is 0.321 e. The summed E-state index contributed by atoms with van der Waals surface area (Å²) < 4.78 is 0. The number of nitrogens with one attached hydrogen (secondary N) is 2. The van der Waals surface area contributed by atoms with Crippen molar-refractivity contribution >= 4 is 17.6 Å². The lowest BCUT2D eigenvalue weighted by atomic mass is 9.97. The molecule has 2 saturated heterocycles. The number of hydrogen-bond acceptors (Lipinski definition) is 3. The highest BCUT2D eigenvalue weighted by atomic mass is 16.2. The molecule has 0 aromatic heterocycles. The van der Waals surface area contributed by atoms with Crippen molar-refractivity contribution in [2.75, 3.05) is 31.5 Å². The van der Waals surface area contributed by atoms with E-state index in [1.54, 1.807) is 4.90 Å². The second kappa shape index (κ2) is 10.4. The Morgan fingerprint density at radius 2 is 1.58 bits per heavy atom. The number of piperidine rings is 1. The fourth-order valence-corrected chi connectivity index (χ4v) is 4.49. The Kier molecular flexibility index (Phi) is 7.20. The number of amides is 3. The molecular formula is C25H32N4O2. The van der Waals surface area contributed by atoms with Gasteiger partial charge < -0.3 is 15.5 Å². The molecule has 2 heterocycles. The molecule has 31 heavy (non-hydrogen) atoms. The Balaban J connectivity index is 1.30. The van der Waals surface area contributed by atoms with Gasteiger partial charge in [-0.1, -0.05) is 42.5 Å². The Hall–Kier alpha value is -2.86. The predicted octanol–water partition coefficient (Wildman–Crippen LogP) is 3.84. The van der Waals surface area contributed by atoms with Crippen molar-refractivity contribution in [3.63, 3.8) is 0 Å². The van der Waals surface area contributed by atoms with Crippen molar-refractivity contribution in [1.82, 2.24) is 15.1 Å². The zero-order valence-corrected chi connectivity index (χ0v) is 18.1. The highest BCUT2D eigenvalue weighted by molar-refractivity contribution is 5.90. The van der Waals surface area contributed by atoms with E-state index in [4.69, 9.17) is 0 Å². The minimum absolute atomic E-state index is 0.0354. The number of hydrogen-bond donors (Lipinski definition) is 2. The Bertz CT molecular complexity index is 880. The van der Waals surface area contributed by atoms with Crippen LogP contribution in [0.25, 0.3) is 0 Å². The molecule has 4 rings (SSSR count). The summed E-state index contributed by atoms with van der Waals surface area (Å²) in [4.78, 5) is 29.7. The first-order chi connectivity index (χ1) is 15.2. The first-order valence-electron chi connectivity index (χ1n) is 11.4. The van der Waals surface area contributed by atoms with Gasteiger partial charge in [0.05, 0.1) is 5.92 Å². The van der Waals surface area contributed by atoms with Gasteiger partial charge in [-0.05, 0) is 62.0 Å². The van der Waals surface area contributed by atoms with Crippen LogP contribution in [0.15, 0.2) is 54.6 Å². The minimum Gasteiger partial charge on any atom is -0.352 e. The van der Waals surface area contributed by atoms with Crippen molar-refractivity contribution in [2.24, 2.45) is 5.92 Å². The lowest BCUT2D eigenvalue weighted by Crippen LogP contribution is -2.46. The van der Waals surface area contributed by atoms with E-state index in [0.29, 0.717) is 19.6 Å². The van der Waals surface area contributed by atoms with Gasteiger partial charge in [0, 0.05) is 31.9 Å². The number of urea groups is 1. The second-order valence-electron chi connectivity index (χ2n) is 8.55. The molecule has 0 radical (unpaired) electrons. The maximum Gasteiger partial charge on any atom is 0.321 e. The number of carbonyl (C=O) groups is 2. The van der Waals surface area contributed by atoms with Crippen molar-refractivity contribution in [2.45, 2.75) is 38.8 Å². The largest absolute Gasteiger partial charge is 0.352 e. The van der Waals surface area contributed by atoms with Crippen LogP contribution in [0.5, 0.6) is 0 Å². The van der Waals surface area contributed by atoms with Crippen molar-refractivity contribution in [3.05, 3.63) is 65.7 Å². The molecule has 6 nitrogen and oxygen atoms in total. The summed E-state index contributed by atoms with van der Waals surface area (Å²) in [5.74, 6) is -0.130. The molecule has 0 unspecified atom stereocenters. The van der Waals surface area contributed by atoms with Crippen molar-refractivity contribution in [3.8, 4) is 0 Å². The molecule has 6 heteroatoms. The minimum atomic E-state index is -0.166. The van der Waals surface area contributed by atoms with Gasteiger partial charge in [-0.2, -0.15) is 0 Å². The van der Waals surface area contributed by atoms with Crippen LogP contribution in [0.3, 0.4) is 0 Å². The van der Waals surface area contributed by atoms with E-state index >= 15 is 0 Å². The molecule has 2 N–H and O–H groups in total. The maximum atomic E-state index is 12.9. The van der Waals surface area contributed by atoms with E-state index in [9.17, 15) is 9.59 Å². The number of rotatable bonds is 6. The Morgan fingerprint density at radius 3 is 2.35 bits per heavy atom. The first-order valence-corrected chi connectivity index (χ1v) is 11.4. The van der Waals surface area contributed by atoms with Gasteiger partial charge in [0.2, 0.25) is 5.91 Å². The molecule has 2 fully saturated rings. The van der Waals surface area contributed by atoms with Gasteiger partial charge in [0.1, 0.15) is 0 Å². The van der Waals surface area contributed by atoms with E-state index < -0.39 is 0 Å². The molecule has 0 spiro atoms. The third kappa shape index (κ3) is 5.85. The molecule has 2 aliphatic rings. The summed E-state index contributed by atoms with van der Waals surface area (Å²) in [6.07, 6.45) is 4.20. The zero-order chi connectivity index (χ0) is 21.5. The van der Waals surface area contributed by atoms with Gasteiger partial charge in [-0.3, -0.25) is 9.69 Å². The number of nitrogens with zero attached hydrogens (tertiary/aromatic N) is 2. The third-order valence-electron chi connectivity index (χ3n) is 6.27. The number of carbonyl (C=O) groups excluding carboxylic acids is 2. The van der Waals surface area contributed by atoms with Crippen LogP contribution in [-0.4, -0.2) is 47.9 Å². The highest BCUT2D eigenvalue weighted by Crippen LogP contribution is 2.20. The number of para-hydroxylation sites is 1. The Morgan fingerprint density at radius 1 is 0.871 bits per heavy atom. The summed E-state index contributed by atoms with van der Waals surface area (Å²) in [5.41, 5.74) is 3.24. The Labute approximate surface area is 184 Å². The number of anilines is 1. The highest BCUT2D eigenvalue weighted by Gasteiger charge is 2.28. The average molecular weight is 421 g/mol. The van der Waals surface area contributed by atoms with E-state index in [0.717, 1.165) is 38.2 Å². The van der Waals surface area contributed by atoms with E-state index in [1.165, 1.54) is 24.0 Å². The van der Waals surface area contributed by atoms with Gasteiger partial charge >= 0.3 is 6.03 Å². The van der Waals surface area contributed by atoms with Gasteiger partial charge in [-0.15, -0.1) is 0 Å². The fourth-order valence-electron chi connectivity index (χ4n) is 4.49. The molecular weight excluding hydrogens is 388 g/mol. The molecule has 3 amide bonds. The van der Waals surface area contributed by atoms with E-state index in [1.807, 2.05) is 36.4 Å². The number of likely N-dealkylation sites (tertiary alicyclic amines) is 2. The van der Waals surface area contributed by atoms with Crippen LogP contribution < -0.4 is 10.6 Å². The first kappa shape index (κ1) is 21.4. The predicted molar refractivity (Wildman–Crippen MR) is 123 cm³/mol. The average Bonchev–Trinajstić information content (AvgIpc) is 3.32. The zero-order valence-electron chi connectivity index (χ0n) is 18.1. The third-order valence-corrected chi connectivity index (χ3v) is 6.27. The van der Waals surface area contributed by atoms with Crippen molar-refractivity contribution < 1.29 is 9.59 Å². The van der Waals surface area contributed by atoms with Gasteiger partial charge in [0.25, 0.3) is 0 Å². The van der Waals surface area contributed by atoms with Crippen LogP contribution in [0, 0.1) is 5.92 Å². The van der Waals surface area contributed by atoms with E-state index in [2.05, 4.69) is 33.7 Å². The number of benzene rings is 2. The SMILES string of the molecule is O=C(NCc1ccccc1CN1CCCC1)[C@@H]1CCCN(C(=O)Nc2ccccc2)C1. The summed E-state index contributed by atoms with van der Waals surface area (Å²) in [5, 5.41) is 6.05. The molecule has 164 valence electrons. The summed E-state index contributed by atoms with van der Waals surface area (Å²) >= 11 is 0. The molecule has 2 aliphatic heterocycles. The topological polar surface area (TPSA) is 64.7 Å². The second-order valence-corrected chi connectivity index (χ2v) is 8.55. The van der Waals surface area contributed by atoms with Crippen LogP contribution in [0.2, 0.25) is 0 Å². The van der Waals surface area contributed by atoms with Crippen LogP contribution in [0.4, 0.5) is 10.5 Å². The quantitative estimate of drug-likeness (QED) is 0.746. The molecule has 0 aliphatic carbocycles. The standard InChI is InChI=1S/C25H32N4O2/c30-24(26-17-20-9-4-5-10-21(20)18-28-14-6-7-15-28)22-11-8-16-29(19-22)25(31)27-23-12-2-1-3-13-23/h1-5,9-10,12-13,22H,6-8,11,14-19H2,(H,26,30)(H,27,31)/t22-/m1/s1. The van der Waals surface area contributed by atoms with Crippen LogP contribution in [0.1, 0.15) is 36.8 Å². The summed E-state index contributed by atoms with van der Waals surface area (Å²) in [6, 6.07) is 17.7. The van der Waals surface area contributed by atoms with E-state index in [-0.39, 0.29) is 17.9 Å². The molecule has 0 bridgehead atoms. The lowest BCUT2D eigenvalue weighted by molar-refractivity contribution is -0.126. The monoisotopic (exact) mass is 420 g/mol. The van der Waals surface area contributed by atoms with Gasteiger partial charge in [0.15, 0.2) is 0 Å². The maximum absolute atomic E-state index is 12.9. The van der Waals surface area contributed by atoms with Gasteiger partial charge in [-0.25, -0.2) is 4.79 Å². The lowest BCUT2D eigenvalue weighted by Gasteiger charge is -2.32. The molecule has 2 aromatic carbocycles. The normalized spacial score (nSPS) is 19.2. The fraction of sp³-hybridized carbons (Fsp3) is 0.440. The molecule has 1 atom stereocenters. The molecule has 2 aromatic rings. The summed E-state index contributed by atoms with van der Waals surface area (Å²) in [6.45, 7) is 4.94. The van der Waals surface area contributed by atoms with Crippen LogP contribution >= 0.6 is 0 Å². The van der Waals surface area contributed by atoms with Crippen molar-refractivity contribution in [1.29, 1.82) is 0 Å². The van der Waals surface area contributed by atoms with Crippen LogP contribution in [-0.2, 0) is 17.9 Å².